The summed E-state index contributed by atoms with van der Waals surface area (Å²) in [6, 6.07) is 6.02. The first-order valence-corrected chi connectivity index (χ1v) is 9.26. The summed E-state index contributed by atoms with van der Waals surface area (Å²) in [5.74, 6) is -0.203. The number of likely N-dealkylation sites (N-methyl/N-ethyl adjacent to an activating group) is 1. The zero-order chi connectivity index (χ0) is 18.5. The van der Waals surface area contributed by atoms with E-state index in [1.54, 1.807) is 21.7 Å². The largest absolute Gasteiger partial charge is 0.344 e. The highest BCUT2D eigenvalue weighted by atomic mass is 19.1. The molecule has 0 spiro atoms. The number of piperidine rings is 1. The van der Waals surface area contributed by atoms with Crippen LogP contribution >= 0.6 is 0 Å². The molecule has 5 nitrogen and oxygen atoms in total. The lowest BCUT2D eigenvalue weighted by Crippen LogP contribution is -2.44. The fourth-order valence-corrected chi connectivity index (χ4v) is 3.55. The van der Waals surface area contributed by atoms with Crippen molar-refractivity contribution in [3.8, 4) is 0 Å². The molecule has 1 fully saturated rings. The maximum absolute atomic E-state index is 13.3. The van der Waals surface area contributed by atoms with Crippen molar-refractivity contribution in [1.82, 2.24) is 19.6 Å². The van der Waals surface area contributed by atoms with Crippen LogP contribution in [0.4, 0.5) is 4.39 Å². The smallest absolute Gasteiger partial charge is 0.244 e. The number of likely N-dealkylation sites (tertiary alicyclic amines) is 1. The Labute approximate surface area is 154 Å². The molecule has 1 aromatic carbocycles. The molecule has 0 N–H and O–H groups in total. The van der Waals surface area contributed by atoms with Crippen LogP contribution in [-0.4, -0.2) is 52.2 Å². The quantitative estimate of drug-likeness (QED) is 0.797. The fourth-order valence-electron chi connectivity index (χ4n) is 3.55. The molecule has 1 saturated heterocycles. The Balaban J connectivity index is 1.73. The number of aromatic nitrogens is 2. The molecule has 0 radical (unpaired) electrons. The van der Waals surface area contributed by atoms with E-state index in [9.17, 15) is 9.18 Å². The fraction of sp³-hybridized carbons (Fsp3) is 0.500. The Morgan fingerprint density at radius 1 is 1.23 bits per heavy atom. The molecule has 0 aliphatic carbocycles. The highest BCUT2D eigenvalue weighted by Gasteiger charge is 2.30. The molecule has 0 saturated carbocycles. The second-order valence-electron chi connectivity index (χ2n) is 7.08. The van der Waals surface area contributed by atoms with E-state index in [0.717, 1.165) is 43.5 Å². The van der Waals surface area contributed by atoms with Crippen LogP contribution in [0.1, 0.15) is 36.4 Å². The topological polar surface area (TPSA) is 41.4 Å². The van der Waals surface area contributed by atoms with Crippen molar-refractivity contribution in [3.05, 3.63) is 53.6 Å². The number of aryl methyl sites for hydroxylation is 1. The molecule has 0 bridgehead atoms. The highest BCUT2D eigenvalue weighted by molar-refractivity contribution is 5.83. The van der Waals surface area contributed by atoms with Crippen molar-refractivity contribution in [2.75, 3.05) is 26.7 Å². The van der Waals surface area contributed by atoms with Gasteiger partial charge in [0.15, 0.2) is 0 Å². The predicted octanol–water partition coefficient (Wildman–Crippen LogP) is 2.79. The number of halogens is 1. The van der Waals surface area contributed by atoms with Gasteiger partial charge in [-0.2, -0.15) is 5.10 Å². The van der Waals surface area contributed by atoms with E-state index in [1.807, 2.05) is 26.5 Å². The summed E-state index contributed by atoms with van der Waals surface area (Å²) in [6.45, 7) is 2.45. The summed E-state index contributed by atoms with van der Waals surface area (Å²) in [5.41, 5.74) is 1.98. The first-order chi connectivity index (χ1) is 12.5. The molecule has 0 unspecified atom stereocenters. The van der Waals surface area contributed by atoms with Crippen LogP contribution in [-0.2, 0) is 18.3 Å². The van der Waals surface area contributed by atoms with Gasteiger partial charge in [-0.05, 0) is 55.6 Å². The third kappa shape index (κ3) is 4.49. The third-order valence-electron chi connectivity index (χ3n) is 5.05. The van der Waals surface area contributed by atoms with E-state index < -0.39 is 0 Å². The zero-order valence-corrected chi connectivity index (χ0v) is 15.6. The molecular weight excluding hydrogens is 331 g/mol. The maximum atomic E-state index is 13.3. The number of hydrogen-bond donors (Lipinski definition) is 0. The van der Waals surface area contributed by atoms with Crippen molar-refractivity contribution in [2.24, 2.45) is 7.05 Å². The van der Waals surface area contributed by atoms with Crippen molar-refractivity contribution in [2.45, 2.75) is 31.7 Å². The average Bonchev–Trinajstić information content (AvgIpc) is 3.07. The van der Waals surface area contributed by atoms with Gasteiger partial charge in [-0.15, -0.1) is 0 Å². The van der Waals surface area contributed by atoms with Crippen molar-refractivity contribution < 1.29 is 9.18 Å². The van der Waals surface area contributed by atoms with Crippen molar-refractivity contribution >= 4 is 5.91 Å². The third-order valence-corrected chi connectivity index (χ3v) is 5.05. The molecule has 2 heterocycles. The lowest BCUT2D eigenvalue weighted by atomic mass is 10.00. The van der Waals surface area contributed by atoms with Gasteiger partial charge < -0.3 is 4.90 Å². The summed E-state index contributed by atoms with van der Waals surface area (Å²) >= 11 is 0. The number of amides is 1. The molecule has 2 aromatic rings. The number of carbonyl (C=O) groups is 1. The van der Waals surface area contributed by atoms with Gasteiger partial charge in [0, 0.05) is 26.8 Å². The minimum atomic E-state index is -0.338. The second kappa shape index (κ2) is 8.45. The van der Waals surface area contributed by atoms with Crippen LogP contribution < -0.4 is 0 Å². The van der Waals surface area contributed by atoms with E-state index >= 15 is 0 Å². The molecule has 1 amide bonds. The predicted molar refractivity (Wildman–Crippen MR) is 99.1 cm³/mol. The molecule has 6 heteroatoms. The van der Waals surface area contributed by atoms with Crippen molar-refractivity contribution in [1.29, 1.82) is 0 Å². The van der Waals surface area contributed by atoms with E-state index in [1.165, 1.54) is 18.6 Å². The first-order valence-electron chi connectivity index (χ1n) is 9.26. The van der Waals surface area contributed by atoms with Gasteiger partial charge in [0.2, 0.25) is 5.91 Å². The van der Waals surface area contributed by atoms with Gasteiger partial charge in [0.1, 0.15) is 11.9 Å². The summed E-state index contributed by atoms with van der Waals surface area (Å²) < 4.78 is 15.1. The summed E-state index contributed by atoms with van der Waals surface area (Å²) in [5, 5.41) is 4.17. The zero-order valence-electron chi connectivity index (χ0n) is 15.6. The Bertz CT molecular complexity index is 722. The van der Waals surface area contributed by atoms with Gasteiger partial charge >= 0.3 is 0 Å². The normalized spacial score (nSPS) is 16.4. The number of carbonyl (C=O) groups excluding carboxylic acids is 1. The van der Waals surface area contributed by atoms with Gasteiger partial charge in [-0.3, -0.25) is 14.4 Å². The standard InChI is InChI=1S/C20H27FN4O/c1-23(13-10-16-14-22-24(2)15-16)20(26)19(25-11-4-3-5-12-25)17-6-8-18(21)9-7-17/h6-9,14-15,19H,3-5,10-13H2,1-2H3/t19-/m0/s1. The van der Waals surface area contributed by atoms with Crippen LogP contribution in [0.25, 0.3) is 0 Å². The minimum absolute atomic E-state index is 0.0717. The second-order valence-corrected chi connectivity index (χ2v) is 7.08. The van der Waals surface area contributed by atoms with E-state index in [4.69, 9.17) is 0 Å². The van der Waals surface area contributed by atoms with Crippen LogP contribution in [0.5, 0.6) is 0 Å². The monoisotopic (exact) mass is 358 g/mol. The molecule has 26 heavy (non-hydrogen) atoms. The van der Waals surface area contributed by atoms with Crippen LogP contribution in [0.3, 0.4) is 0 Å². The number of rotatable bonds is 6. The SMILES string of the molecule is CN(CCc1cnn(C)c1)C(=O)[C@H](c1ccc(F)cc1)N1CCCCC1. The minimum Gasteiger partial charge on any atom is -0.344 e. The maximum Gasteiger partial charge on any atom is 0.244 e. The lowest BCUT2D eigenvalue weighted by Gasteiger charge is -2.36. The Morgan fingerprint density at radius 3 is 2.54 bits per heavy atom. The molecule has 1 atom stereocenters. The average molecular weight is 358 g/mol. The summed E-state index contributed by atoms with van der Waals surface area (Å²) in [6.07, 6.45) is 7.99. The first kappa shape index (κ1) is 18.6. The number of hydrogen-bond acceptors (Lipinski definition) is 3. The Hall–Kier alpha value is -2.21. The van der Waals surface area contributed by atoms with Gasteiger partial charge in [-0.25, -0.2) is 4.39 Å². The van der Waals surface area contributed by atoms with Crippen LogP contribution in [0.15, 0.2) is 36.7 Å². The molecule has 1 aliphatic heterocycles. The molecule has 3 rings (SSSR count). The summed E-state index contributed by atoms with van der Waals surface area (Å²) in [7, 11) is 3.73. The molecule has 140 valence electrons. The number of benzene rings is 1. The van der Waals surface area contributed by atoms with E-state index in [2.05, 4.69) is 10.00 Å². The number of nitrogens with zero attached hydrogens (tertiary/aromatic N) is 4. The van der Waals surface area contributed by atoms with E-state index in [0.29, 0.717) is 6.54 Å². The molecule has 1 aromatic heterocycles. The molecule has 1 aliphatic rings. The van der Waals surface area contributed by atoms with Gasteiger partial charge in [0.25, 0.3) is 0 Å². The van der Waals surface area contributed by atoms with Crippen LogP contribution in [0.2, 0.25) is 0 Å². The van der Waals surface area contributed by atoms with Crippen LogP contribution in [0, 0.1) is 5.82 Å². The Morgan fingerprint density at radius 2 is 1.92 bits per heavy atom. The molecular formula is C20H27FN4O. The Kier molecular flexibility index (Phi) is 6.04. The van der Waals surface area contributed by atoms with Gasteiger partial charge in [-0.1, -0.05) is 18.6 Å². The summed E-state index contributed by atoms with van der Waals surface area (Å²) in [4.78, 5) is 17.2. The van der Waals surface area contributed by atoms with Crippen molar-refractivity contribution in [3.63, 3.8) is 0 Å². The van der Waals surface area contributed by atoms with E-state index in [-0.39, 0.29) is 17.8 Å². The highest BCUT2D eigenvalue weighted by Crippen LogP contribution is 2.26. The van der Waals surface area contributed by atoms with Gasteiger partial charge in [0.05, 0.1) is 6.20 Å². The lowest BCUT2D eigenvalue weighted by molar-refractivity contribution is -0.136.